The van der Waals surface area contributed by atoms with Crippen LogP contribution >= 0.6 is 0 Å². The third-order valence-electron chi connectivity index (χ3n) is 6.62. The summed E-state index contributed by atoms with van der Waals surface area (Å²) in [6.07, 6.45) is 1.39. The largest absolute Gasteiger partial charge is 0.497 e. The van der Waals surface area contributed by atoms with Crippen molar-refractivity contribution in [2.24, 2.45) is 0 Å². The number of rotatable bonds is 6. The SMILES string of the molecule is CCc1ccc(-c2cc(C(=O)Nc3cccc(OC)c3)c3c(C)nn(C4CCS(=O)(=O)C4)c3n2)cc1. The second kappa shape index (κ2) is 9.39. The molecule has 4 aromatic rings. The molecule has 1 N–H and O–H groups in total. The molecule has 1 aliphatic heterocycles. The van der Waals surface area contributed by atoms with Gasteiger partial charge in [0.25, 0.3) is 5.91 Å². The first kappa shape index (κ1) is 24.0. The van der Waals surface area contributed by atoms with Crippen LogP contribution in [0.3, 0.4) is 0 Å². The zero-order valence-electron chi connectivity index (χ0n) is 20.5. The number of nitrogens with zero attached hydrogens (tertiary/aromatic N) is 3. The Morgan fingerprint density at radius 3 is 2.61 bits per heavy atom. The minimum Gasteiger partial charge on any atom is -0.497 e. The molecule has 2 aromatic carbocycles. The number of aromatic nitrogens is 3. The van der Waals surface area contributed by atoms with Gasteiger partial charge in [0, 0.05) is 17.3 Å². The maximum absolute atomic E-state index is 13.6. The zero-order chi connectivity index (χ0) is 25.4. The number of anilines is 1. The quantitative estimate of drug-likeness (QED) is 0.412. The van der Waals surface area contributed by atoms with Crippen LogP contribution in [0.25, 0.3) is 22.3 Å². The van der Waals surface area contributed by atoms with Crippen molar-refractivity contribution in [1.29, 1.82) is 0 Å². The van der Waals surface area contributed by atoms with Crippen molar-refractivity contribution in [3.63, 3.8) is 0 Å². The predicted molar refractivity (Wildman–Crippen MR) is 140 cm³/mol. The maximum atomic E-state index is 13.6. The maximum Gasteiger partial charge on any atom is 0.256 e. The van der Waals surface area contributed by atoms with Gasteiger partial charge in [0.05, 0.1) is 47.0 Å². The van der Waals surface area contributed by atoms with Crippen LogP contribution in [-0.4, -0.2) is 47.7 Å². The predicted octanol–water partition coefficient (Wildman–Crippen LogP) is 4.59. The number of fused-ring (bicyclic) bond motifs is 1. The molecule has 0 aliphatic carbocycles. The third-order valence-corrected chi connectivity index (χ3v) is 8.37. The standard InChI is InChI=1S/C27H28N4O4S/c1-4-18-8-10-19(11-9-18)24-15-23(27(32)28-20-6-5-7-22(14-20)35-3)25-17(2)30-31(26(25)29-24)21-12-13-36(33,34)16-21/h5-11,14-15,21H,4,12-13,16H2,1-3H3,(H,28,32). The summed E-state index contributed by atoms with van der Waals surface area (Å²) in [5.41, 5.74) is 4.88. The molecule has 1 atom stereocenters. The number of benzene rings is 2. The second-order valence-electron chi connectivity index (χ2n) is 9.08. The van der Waals surface area contributed by atoms with Gasteiger partial charge >= 0.3 is 0 Å². The molecular weight excluding hydrogens is 476 g/mol. The summed E-state index contributed by atoms with van der Waals surface area (Å²) in [6, 6.07) is 16.7. The molecule has 1 amide bonds. The summed E-state index contributed by atoms with van der Waals surface area (Å²) in [7, 11) is -1.55. The van der Waals surface area contributed by atoms with E-state index in [0.29, 0.717) is 45.8 Å². The van der Waals surface area contributed by atoms with Crippen LogP contribution in [0.1, 0.15) is 41.0 Å². The Bertz CT molecular complexity index is 1560. The molecule has 1 aliphatic rings. The molecule has 9 heteroatoms. The summed E-state index contributed by atoms with van der Waals surface area (Å²) in [5, 5.41) is 8.25. The van der Waals surface area contributed by atoms with Gasteiger partial charge in [-0.25, -0.2) is 18.1 Å². The molecular formula is C27H28N4O4S. The van der Waals surface area contributed by atoms with E-state index in [1.165, 1.54) is 5.56 Å². The van der Waals surface area contributed by atoms with E-state index in [-0.39, 0.29) is 23.5 Å². The Morgan fingerprint density at radius 2 is 1.94 bits per heavy atom. The number of sulfone groups is 1. The average molecular weight is 505 g/mol. The van der Waals surface area contributed by atoms with Crippen molar-refractivity contribution in [3.05, 3.63) is 71.4 Å². The van der Waals surface area contributed by atoms with Crippen LogP contribution in [0.2, 0.25) is 0 Å². The van der Waals surface area contributed by atoms with Crippen LogP contribution in [-0.2, 0) is 16.3 Å². The number of pyridine rings is 1. The smallest absolute Gasteiger partial charge is 0.256 e. The third kappa shape index (κ3) is 4.58. The fraction of sp³-hybridized carbons (Fsp3) is 0.296. The van der Waals surface area contributed by atoms with E-state index in [1.807, 2.05) is 37.3 Å². The summed E-state index contributed by atoms with van der Waals surface area (Å²) >= 11 is 0. The van der Waals surface area contributed by atoms with Crippen molar-refractivity contribution < 1.29 is 17.9 Å². The Hall–Kier alpha value is -3.72. The minimum absolute atomic E-state index is 0.0195. The van der Waals surface area contributed by atoms with Crippen LogP contribution in [0.15, 0.2) is 54.6 Å². The Balaban J connectivity index is 1.65. The van der Waals surface area contributed by atoms with E-state index in [1.54, 1.807) is 36.1 Å². The molecule has 1 fully saturated rings. The molecule has 0 bridgehead atoms. The van der Waals surface area contributed by atoms with Gasteiger partial charge in [-0.2, -0.15) is 5.10 Å². The van der Waals surface area contributed by atoms with Crippen molar-refractivity contribution >= 4 is 32.5 Å². The van der Waals surface area contributed by atoms with Crippen LogP contribution < -0.4 is 10.1 Å². The number of amides is 1. The highest BCUT2D eigenvalue weighted by Crippen LogP contribution is 2.32. The molecule has 0 saturated carbocycles. The van der Waals surface area contributed by atoms with Gasteiger partial charge in [0.1, 0.15) is 5.75 Å². The lowest BCUT2D eigenvalue weighted by Gasteiger charge is -2.13. The Labute approximate surface area is 210 Å². The number of nitrogens with one attached hydrogen (secondary N) is 1. The van der Waals surface area contributed by atoms with Crippen molar-refractivity contribution in [2.45, 2.75) is 32.7 Å². The molecule has 36 heavy (non-hydrogen) atoms. The average Bonchev–Trinajstić information content (AvgIpc) is 3.42. The highest BCUT2D eigenvalue weighted by molar-refractivity contribution is 7.91. The summed E-state index contributed by atoms with van der Waals surface area (Å²) in [5.74, 6) is 0.477. The monoisotopic (exact) mass is 504 g/mol. The fourth-order valence-electron chi connectivity index (χ4n) is 4.67. The lowest BCUT2D eigenvalue weighted by molar-refractivity contribution is 0.102. The number of aryl methyl sites for hydroxylation is 2. The van der Waals surface area contributed by atoms with Crippen LogP contribution in [0.5, 0.6) is 5.75 Å². The van der Waals surface area contributed by atoms with E-state index in [4.69, 9.17) is 9.72 Å². The zero-order valence-corrected chi connectivity index (χ0v) is 21.3. The number of methoxy groups -OCH3 is 1. The van der Waals surface area contributed by atoms with Gasteiger partial charge in [-0.15, -0.1) is 0 Å². The normalized spacial score (nSPS) is 16.8. The molecule has 0 spiro atoms. The molecule has 1 saturated heterocycles. The highest BCUT2D eigenvalue weighted by atomic mass is 32.2. The fourth-order valence-corrected chi connectivity index (χ4v) is 6.37. The minimum atomic E-state index is -3.13. The molecule has 2 aromatic heterocycles. The number of carbonyl (C=O) groups is 1. The molecule has 1 unspecified atom stereocenters. The Kier molecular flexibility index (Phi) is 6.26. The van der Waals surface area contributed by atoms with Gasteiger partial charge < -0.3 is 10.1 Å². The molecule has 5 rings (SSSR count). The second-order valence-corrected chi connectivity index (χ2v) is 11.3. The first-order valence-corrected chi connectivity index (χ1v) is 13.7. The van der Waals surface area contributed by atoms with E-state index in [0.717, 1.165) is 12.0 Å². The number of hydrogen-bond donors (Lipinski definition) is 1. The first-order chi connectivity index (χ1) is 17.3. The summed E-state index contributed by atoms with van der Waals surface area (Å²) in [4.78, 5) is 18.5. The highest BCUT2D eigenvalue weighted by Gasteiger charge is 2.32. The van der Waals surface area contributed by atoms with Crippen molar-refractivity contribution in [1.82, 2.24) is 14.8 Å². The van der Waals surface area contributed by atoms with Crippen LogP contribution in [0.4, 0.5) is 5.69 Å². The van der Waals surface area contributed by atoms with Gasteiger partial charge in [-0.05, 0) is 43.5 Å². The molecule has 8 nitrogen and oxygen atoms in total. The van der Waals surface area contributed by atoms with E-state index in [2.05, 4.69) is 17.3 Å². The van der Waals surface area contributed by atoms with Gasteiger partial charge in [0.15, 0.2) is 15.5 Å². The topological polar surface area (TPSA) is 103 Å². The van der Waals surface area contributed by atoms with Crippen LogP contribution in [0, 0.1) is 6.92 Å². The number of ether oxygens (including phenoxy) is 1. The van der Waals surface area contributed by atoms with Gasteiger partial charge in [-0.1, -0.05) is 37.3 Å². The van der Waals surface area contributed by atoms with Gasteiger partial charge in [0.2, 0.25) is 0 Å². The molecule has 3 heterocycles. The Morgan fingerprint density at radius 1 is 1.17 bits per heavy atom. The van der Waals surface area contributed by atoms with Crippen molar-refractivity contribution in [2.75, 3.05) is 23.9 Å². The summed E-state index contributed by atoms with van der Waals surface area (Å²) < 4.78 is 31.4. The lowest BCUT2D eigenvalue weighted by Crippen LogP contribution is -2.15. The summed E-state index contributed by atoms with van der Waals surface area (Å²) in [6.45, 7) is 3.92. The first-order valence-electron chi connectivity index (χ1n) is 11.9. The molecule has 186 valence electrons. The number of carbonyl (C=O) groups excluding carboxylic acids is 1. The van der Waals surface area contributed by atoms with Gasteiger partial charge in [-0.3, -0.25) is 4.79 Å². The van der Waals surface area contributed by atoms with E-state index >= 15 is 0 Å². The van der Waals surface area contributed by atoms with E-state index in [9.17, 15) is 13.2 Å². The lowest BCUT2D eigenvalue weighted by atomic mass is 10.0. The van der Waals surface area contributed by atoms with Crippen molar-refractivity contribution in [3.8, 4) is 17.0 Å². The number of hydrogen-bond acceptors (Lipinski definition) is 6. The van der Waals surface area contributed by atoms with E-state index < -0.39 is 9.84 Å². The molecule has 0 radical (unpaired) electrons.